The first kappa shape index (κ1) is 32.4. The molecule has 0 bridgehead atoms. The first-order chi connectivity index (χ1) is 27.3. The smallest absolute Gasteiger partial charge is 0.0540 e. The zero-order chi connectivity index (χ0) is 36.6. The molecule has 10 rings (SSSR count). The van der Waals surface area contributed by atoms with Gasteiger partial charge < -0.3 is 4.90 Å². The van der Waals surface area contributed by atoms with Crippen LogP contribution < -0.4 is 4.90 Å². The molecule has 55 heavy (non-hydrogen) atoms. The minimum absolute atomic E-state index is 1.09. The van der Waals surface area contributed by atoms with Crippen LogP contribution in [0.25, 0.3) is 76.8 Å². The van der Waals surface area contributed by atoms with Gasteiger partial charge in [-0.05, 0) is 108 Å². The van der Waals surface area contributed by atoms with E-state index < -0.39 is 0 Å². The van der Waals surface area contributed by atoms with Gasteiger partial charge in [0.15, 0.2) is 0 Å². The zero-order valence-electron chi connectivity index (χ0n) is 30.3. The Hall–Kier alpha value is -7.22. The molecule has 0 radical (unpaired) electrons. The molecule has 1 nitrogen and oxygen atoms in total. The van der Waals surface area contributed by atoms with E-state index in [1.165, 1.54) is 76.8 Å². The van der Waals surface area contributed by atoms with Crippen LogP contribution in [0.3, 0.4) is 0 Å². The van der Waals surface area contributed by atoms with Gasteiger partial charge in [-0.2, -0.15) is 0 Å². The van der Waals surface area contributed by atoms with Crippen molar-refractivity contribution in [2.75, 3.05) is 4.90 Å². The Bertz CT molecular complexity index is 2960. The maximum atomic E-state index is 2.42. The maximum Gasteiger partial charge on any atom is 0.0540 e. The van der Waals surface area contributed by atoms with E-state index in [1.54, 1.807) is 0 Å². The molecule has 0 unspecified atom stereocenters. The molecule has 0 aliphatic heterocycles. The molecule has 10 aromatic rings. The first-order valence-corrected chi connectivity index (χ1v) is 18.9. The van der Waals surface area contributed by atoms with Crippen molar-refractivity contribution < 1.29 is 0 Å². The molecule has 0 aliphatic carbocycles. The van der Waals surface area contributed by atoms with Gasteiger partial charge in [-0.15, -0.1) is 0 Å². The highest BCUT2D eigenvalue weighted by Gasteiger charge is 2.20. The summed E-state index contributed by atoms with van der Waals surface area (Å²) in [6, 6.07) is 81.5. The first-order valence-electron chi connectivity index (χ1n) is 18.9. The van der Waals surface area contributed by atoms with E-state index in [0.717, 1.165) is 17.1 Å². The second-order valence-corrected chi connectivity index (χ2v) is 14.1. The molecule has 0 fully saturated rings. The van der Waals surface area contributed by atoms with Crippen molar-refractivity contribution in [3.8, 4) is 44.5 Å². The van der Waals surface area contributed by atoms with Gasteiger partial charge in [-0.25, -0.2) is 0 Å². The molecule has 0 N–H and O–H groups in total. The number of nitrogens with zero attached hydrogens (tertiary/aromatic N) is 1. The van der Waals surface area contributed by atoms with Crippen molar-refractivity contribution in [2.24, 2.45) is 0 Å². The minimum atomic E-state index is 1.09. The average Bonchev–Trinajstić information content (AvgIpc) is 3.27. The summed E-state index contributed by atoms with van der Waals surface area (Å²) in [5.41, 5.74) is 12.9. The molecule has 258 valence electrons. The van der Waals surface area contributed by atoms with Crippen LogP contribution in [-0.4, -0.2) is 0 Å². The lowest BCUT2D eigenvalue weighted by molar-refractivity contribution is 1.28. The summed E-state index contributed by atoms with van der Waals surface area (Å²) in [5.74, 6) is 0. The summed E-state index contributed by atoms with van der Waals surface area (Å²) in [4.78, 5) is 2.42. The monoisotopic (exact) mass is 699 g/mol. The van der Waals surface area contributed by atoms with Crippen molar-refractivity contribution in [1.29, 1.82) is 0 Å². The van der Waals surface area contributed by atoms with Gasteiger partial charge in [0.1, 0.15) is 0 Å². The van der Waals surface area contributed by atoms with Crippen molar-refractivity contribution in [3.63, 3.8) is 0 Å². The lowest BCUT2D eigenvalue weighted by atomic mass is 9.91. The molecule has 1 heteroatoms. The third-order valence-electron chi connectivity index (χ3n) is 10.8. The van der Waals surface area contributed by atoms with Crippen LogP contribution in [0.15, 0.2) is 224 Å². The van der Waals surface area contributed by atoms with E-state index in [9.17, 15) is 0 Å². The second kappa shape index (κ2) is 14.0. The number of fused-ring (bicyclic) bond motifs is 4. The van der Waals surface area contributed by atoms with Gasteiger partial charge in [0.2, 0.25) is 0 Å². The fourth-order valence-corrected chi connectivity index (χ4v) is 8.20. The topological polar surface area (TPSA) is 3.24 Å². The minimum Gasteiger partial charge on any atom is -0.310 e. The highest BCUT2D eigenvalue weighted by Crippen LogP contribution is 2.45. The molecule has 0 saturated carbocycles. The van der Waals surface area contributed by atoms with E-state index in [2.05, 4.69) is 229 Å². The summed E-state index contributed by atoms with van der Waals surface area (Å²) in [6.45, 7) is 0. The Morgan fingerprint density at radius 2 is 0.800 bits per heavy atom. The van der Waals surface area contributed by atoms with Crippen molar-refractivity contribution in [1.82, 2.24) is 0 Å². The standard InChI is InChI=1S/C54H37N/c1-3-14-38(15-4-1)44-22-11-23-47(36-44)55(46-33-30-42(31-34-46)49-26-12-20-39-18-7-9-24-48(39)49)53-35-32-45(37-52(53)40-16-5-2-6-17-40)51-27-13-21-43-29-28-41-19-8-10-25-50(41)54(43)51/h1-37H. The van der Waals surface area contributed by atoms with E-state index in [-0.39, 0.29) is 0 Å². The summed E-state index contributed by atoms with van der Waals surface area (Å²) >= 11 is 0. The third kappa shape index (κ3) is 6.02. The van der Waals surface area contributed by atoms with Crippen LogP contribution in [0.4, 0.5) is 17.1 Å². The number of hydrogen-bond donors (Lipinski definition) is 0. The Kier molecular flexibility index (Phi) is 8.24. The maximum absolute atomic E-state index is 2.42. The average molecular weight is 700 g/mol. The van der Waals surface area contributed by atoms with Gasteiger partial charge in [-0.3, -0.25) is 0 Å². The highest BCUT2D eigenvalue weighted by molar-refractivity contribution is 6.14. The Labute approximate surface area is 322 Å². The molecule has 0 atom stereocenters. The normalized spacial score (nSPS) is 11.3. The molecule has 10 aromatic carbocycles. The van der Waals surface area contributed by atoms with Crippen LogP contribution in [0, 0.1) is 0 Å². The molecule has 0 heterocycles. The number of rotatable bonds is 7. The molecular formula is C54H37N. The van der Waals surface area contributed by atoms with Crippen LogP contribution in [0.5, 0.6) is 0 Å². The van der Waals surface area contributed by atoms with Crippen LogP contribution in [-0.2, 0) is 0 Å². The van der Waals surface area contributed by atoms with Crippen LogP contribution in [0.1, 0.15) is 0 Å². The van der Waals surface area contributed by atoms with Gasteiger partial charge >= 0.3 is 0 Å². The lowest BCUT2D eigenvalue weighted by Crippen LogP contribution is -2.11. The quantitative estimate of drug-likeness (QED) is 0.150. The lowest BCUT2D eigenvalue weighted by Gasteiger charge is -2.29. The van der Waals surface area contributed by atoms with Crippen molar-refractivity contribution >= 4 is 49.4 Å². The van der Waals surface area contributed by atoms with Gasteiger partial charge in [0.25, 0.3) is 0 Å². The molecular weight excluding hydrogens is 663 g/mol. The van der Waals surface area contributed by atoms with Crippen LogP contribution >= 0.6 is 0 Å². The molecule has 0 spiro atoms. The summed E-state index contributed by atoms with van der Waals surface area (Å²) in [6.07, 6.45) is 0. The van der Waals surface area contributed by atoms with Crippen molar-refractivity contribution in [2.45, 2.75) is 0 Å². The predicted molar refractivity (Wildman–Crippen MR) is 235 cm³/mol. The van der Waals surface area contributed by atoms with Crippen molar-refractivity contribution in [3.05, 3.63) is 224 Å². The molecule has 0 aromatic heterocycles. The fraction of sp³-hybridized carbons (Fsp3) is 0. The third-order valence-corrected chi connectivity index (χ3v) is 10.8. The molecule has 0 amide bonds. The van der Waals surface area contributed by atoms with E-state index in [1.807, 2.05) is 0 Å². The van der Waals surface area contributed by atoms with E-state index >= 15 is 0 Å². The van der Waals surface area contributed by atoms with Gasteiger partial charge in [0, 0.05) is 16.9 Å². The Morgan fingerprint density at radius 3 is 1.58 bits per heavy atom. The number of hydrogen-bond acceptors (Lipinski definition) is 1. The van der Waals surface area contributed by atoms with E-state index in [0.29, 0.717) is 0 Å². The Morgan fingerprint density at radius 1 is 0.255 bits per heavy atom. The van der Waals surface area contributed by atoms with E-state index in [4.69, 9.17) is 0 Å². The summed E-state index contributed by atoms with van der Waals surface area (Å²) < 4.78 is 0. The number of benzene rings is 10. The summed E-state index contributed by atoms with van der Waals surface area (Å²) in [5, 5.41) is 7.55. The zero-order valence-corrected chi connectivity index (χ0v) is 30.3. The predicted octanol–water partition coefficient (Wildman–Crippen LogP) is 15.3. The Balaban J connectivity index is 1.18. The largest absolute Gasteiger partial charge is 0.310 e. The summed E-state index contributed by atoms with van der Waals surface area (Å²) in [7, 11) is 0. The van der Waals surface area contributed by atoms with Gasteiger partial charge in [-0.1, -0.05) is 188 Å². The SMILES string of the molecule is c1ccc(-c2cccc(N(c3ccc(-c4cccc5ccccc45)cc3)c3ccc(-c4cccc5ccc6ccccc6c45)cc3-c3ccccc3)c2)cc1. The molecule has 0 saturated heterocycles. The fourth-order valence-electron chi connectivity index (χ4n) is 8.20. The highest BCUT2D eigenvalue weighted by atomic mass is 15.1. The van der Waals surface area contributed by atoms with Crippen LogP contribution in [0.2, 0.25) is 0 Å². The molecule has 0 aliphatic rings. The van der Waals surface area contributed by atoms with Gasteiger partial charge in [0.05, 0.1) is 5.69 Å². The number of anilines is 3. The second-order valence-electron chi connectivity index (χ2n) is 14.1.